The molecule has 0 radical (unpaired) electrons. The molecule has 0 aliphatic carbocycles. The first kappa shape index (κ1) is 15.8. The maximum absolute atomic E-state index is 6.34. The highest BCUT2D eigenvalue weighted by atomic mass is 15.1. The van der Waals surface area contributed by atoms with Crippen molar-refractivity contribution >= 4 is 50.5 Å². The monoisotopic (exact) mass is 343 g/mol. The molecule has 26 heavy (non-hydrogen) atoms. The summed E-state index contributed by atoms with van der Waals surface area (Å²) in [5.41, 5.74) is 22.3. The maximum atomic E-state index is 6.34. The highest BCUT2D eigenvalue weighted by Crippen LogP contribution is 2.32. The smallest absolute Gasteiger partial charge is 0.153 e. The first-order valence-electron chi connectivity index (χ1n) is 8.04. The second kappa shape index (κ2) is 5.96. The number of anilines is 3. The standard InChI is InChI=1S/C19H17N7/c1-10-2-5-14-13(8-10)18(21)12-4-3-11(9-16(12)23-14)25-26-15-6-7-17(20)24-19(15)22/h2-9H,1H3,(H2,21,23)(H4,20,22,24). The van der Waals surface area contributed by atoms with E-state index in [1.807, 2.05) is 43.3 Å². The molecule has 4 rings (SSSR count). The van der Waals surface area contributed by atoms with Crippen LogP contribution in [0.25, 0.3) is 21.8 Å². The lowest BCUT2D eigenvalue weighted by Gasteiger charge is -2.08. The SMILES string of the molecule is Cc1ccc2nc3cc(N=Nc4ccc(N)nc4N)ccc3c(N)c2c1. The summed E-state index contributed by atoms with van der Waals surface area (Å²) in [6, 6.07) is 14.9. The normalized spacial score (nSPS) is 11.6. The van der Waals surface area contributed by atoms with E-state index in [0.717, 1.165) is 27.4 Å². The minimum absolute atomic E-state index is 0.235. The fourth-order valence-electron chi connectivity index (χ4n) is 2.82. The van der Waals surface area contributed by atoms with Gasteiger partial charge in [-0.1, -0.05) is 11.6 Å². The van der Waals surface area contributed by atoms with E-state index >= 15 is 0 Å². The Bertz CT molecular complexity index is 1180. The molecule has 0 saturated heterocycles. The third kappa shape index (κ3) is 2.75. The Labute approximate surface area is 149 Å². The summed E-state index contributed by atoms with van der Waals surface area (Å²) in [6.45, 7) is 2.03. The van der Waals surface area contributed by atoms with Crippen LogP contribution in [0.2, 0.25) is 0 Å². The predicted molar refractivity (Wildman–Crippen MR) is 106 cm³/mol. The number of benzene rings is 2. The molecule has 2 aromatic carbocycles. The van der Waals surface area contributed by atoms with Crippen LogP contribution in [0.5, 0.6) is 0 Å². The zero-order chi connectivity index (χ0) is 18.3. The van der Waals surface area contributed by atoms with Gasteiger partial charge in [0.05, 0.1) is 22.4 Å². The summed E-state index contributed by atoms with van der Waals surface area (Å²) < 4.78 is 0. The highest BCUT2D eigenvalue weighted by molar-refractivity contribution is 6.07. The molecule has 128 valence electrons. The van der Waals surface area contributed by atoms with Gasteiger partial charge in [-0.25, -0.2) is 9.97 Å². The first-order chi connectivity index (χ1) is 12.5. The van der Waals surface area contributed by atoms with E-state index in [0.29, 0.717) is 22.9 Å². The average Bonchev–Trinajstić information content (AvgIpc) is 2.62. The average molecular weight is 343 g/mol. The molecule has 0 aliphatic rings. The van der Waals surface area contributed by atoms with Gasteiger partial charge in [-0.2, -0.15) is 5.11 Å². The van der Waals surface area contributed by atoms with Crippen LogP contribution in [0.4, 0.5) is 28.7 Å². The van der Waals surface area contributed by atoms with Gasteiger partial charge in [-0.15, -0.1) is 5.11 Å². The number of azo groups is 1. The molecule has 7 heteroatoms. The van der Waals surface area contributed by atoms with E-state index in [4.69, 9.17) is 17.2 Å². The van der Waals surface area contributed by atoms with Crippen molar-refractivity contribution in [2.45, 2.75) is 6.92 Å². The Hall–Kier alpha value is -3.74. The first-order valence-corrected chi connectivity index (χ1v) is 8.04. The summed E-state index contributed by atoms with van der Waals surface area (Å²) in [7, 11) is 0. The van der Waals surface area contributed by atoms with Gasteiger partial charge in [0.15, 0.2) is 5.82 Å². The zero-order valence-corrected chi connectivity index (χ0v) is 14.1. The quantitative estimate of drug-likeness (QED) is 0.370. The van der Waals surface area contributed by atoms with Gasteiger partial charge in [-0.05, 0) is 49.4 Å². The number of fused-ring (bicyclic) bond motifs is 2. The molecule has 6 N–H and O–H groups in total. The molecule has 0 unspecified atom stereocenters. The maximum Gasteiger partial charge on any atom is 0.153 e. The molecule has 2 aromatic heterocycles. The second-order valence-electron chi connectivity index (χ2n) is 6.09. The molecular formula is C19H17N7. The van der Waals surface area contributed by atoms with Crippen molar-refractivity contribution in [2.75, 3.05) is 17.2 Å². The van der Waals surface area contributed by atoms with Crippen LogP contribution in [0.1, 0.15) is 5.56 Å². The van der Waals surface area contributed by atoms with Crippen molar-refractivity contribution in [3.05, 3.63) is 54.1 Å². The van der Waals surface area contributed by atoms with Gasteiger partial charge in [0.25, 0.3) is 0 Å². The van der Waals surface area contributed by atoms with Gasteiger partial charge in [-0.3, -0.25) is 0 Å². The van der Waals surface area contributed by atoms with E-state index in [-0.39, 0.29) is 5.82 Å². The lowest BCUT2D eigenvalue weighted by Crippen LogP contribution is -1.95. The molecule has 7 nitrogen and oxygen atoms in total. The van der Waals surface area contributed by atoms with E-state index in [9.17, 15) is 0 Å². The fourth-order valence-corrected chi connectivity index (χ4v) is 2.82. The van der Waals surface area contributed by atoms with Crippen molar-refractivity contribution in [3.8, 4) is 0 Å². The van der Waals surface area contributed by atoms with E-state index in [1.54, 1.807) is 12.1 Å². The van der Waals surface area contributed by atoms with Gasteiger partial charge in [0.2, 0.25) is 0 Å². The second-order valence-corrected chi connectivity index (χ2v) is 6.09. The Morgan fingerprint density at radius 3 is 2.42 bits per heavy atom. The van der Waals surface area contributed by atoms with E-state index in [2.05, 4.69) is 20.2 Å². The van der Waals surface area contributed by atoms with Crippen LogP contribution in [0, 0.1) is 6.92 Å². The van der Waals surface area contributed by atoms with Crippen molar-refractivity contribution < 1.29 is 0 Å². The molecule has 0 bridgehead atoms. The molecule has 0 saturated carbocycles. The predicted octanol–water partition coefficient (Wildman–Crippen LogP) is 4.25. The summed E-state index contributed by atoms with van der Waals surface area (Å²) in [5, 5.41) is 10.2. The summed E-state index contributed by atoms with van der Waals surface area (Å²) in [5.74, 6) is 0.576. The molecule has 0 aliphatic heterocycles. The van der Waals surface area contributed by atoms with E-state index in [1.165, 1.54) is 0 Å². The van der Waals surface area contributed by atoms with Crippen LogP contribution >= 0.6 is 0 Å². The number of aromatic nitrogens is 2. The van der Waals surface area contributed by atoms with Crippen LogP contribution in [-0.2, 0) is 0 Å². The van der Waals surface area contributed by atoms with Gasteiger partial charge in [0, 0.05) is 10.8 Å². The highest BCUT2D eigenvalue weighted by Gasteiger charge is 2.07. The van der Waals surface area contributed by atoms with Gasteiger partial charge < -0.3 is 17.2 Å². The number of aryl methyl sites for hydroxylation is 1. The molecule has 0 fully saturated rings. The van der Waals surface area contributed by atoms with Crippen molar-refractivity contribution in [2.24, 2.45) is 10.2 Å². The molecule has 4 aromatic rings. The molecule has 2 heterocycles. The molecular weight excluding hydrogens is 326 g/mol. The van der Waals surface area contributed by atoms with E-state index < -0.39 is 0 Å². The number of hydrogen-bond acceptors (Lipinski definition) is 7. The minimum atomic E-state index is 0.235. The van der Waals surface area contributed by atoms with Crippen molar-refractivity contribution in [1.29, 1.82) is 0 Å². The lowest BCUT2D eigenvalue weighted by molar-refractivity contribution is 1.21. The lowest BCUT2D eigenvalue weighted by atomic mass is 10.1. The third-order valence-corrected chi connectivity index (χ3v) is 4.15. The fraction of sp³-hybridized carbons (Fsp3) is 0.0526. The van der Waals surface area contributed by atoms with Gasteiger partial charge in [0.1, 0.15) is 11.5 Å². The Balaban J connectivity index is 1.79. The third-order valence-electron chi connectivity index (χ3n) is 4.15. The van der Waals surface area contributed by atoms with Crippen LogP contribution < -0.4 is 17.2 Å². The summed E-state index contributed by atoms with van der Waals surface area (Å²) >= 11 is 0. The number of pyridine rings is 2. The van der Waals surface area contributed by atoms with Crippen LogP contribution in [0.15, 0.2) is 58.8 Å². The molecule has 0 amide bonds. The number of nitrogens with two attached hydrogens (primary N) is 3. The number of nitrogen functional groups attached to an aromatic ring is 3. The number of rotatable bonds is 2. The number of hydrogen-bond donors (Lipinski definition) is 3. The Morgan fingerprint density at radius 2 is 1.62 bits per heavy atom. The zero-order valence-electron chi connectivity index (χ0n) is 14.1. The Morgan fingerprint density at radius 1 is 0.769 bits per heavy atom. The summed E-state index contributed by atoms with van der Waals surface area (Å²) in [4.78, 5) is 8.65. The molecule has 0 atom stereocenters. The largest absolute Gasteiger partial charge is 0.398 e. The van der Waals surface area contributed by atoms with Gasteiger partial charge >= 0.3 is 0 Å². The minimum Gasteiger partial charge on any atom is -0.398 e. The Kier molecular flexibility index (Phi) is 3.62. The van der Waals surface area contributed by atoms with Crippen LogP contribution in [-0.4, -0.2) is 9.97 Å². The number of nitrogens with zero attached hydrogens (tertiary/aromatic N) is 4. The van der Waals surface area contributed by atoms with Crippen molar-refractivity contribution in [1.82, 2.24) is 9.97 Å². The van der Waals surface area contributed by atoms with Crippen LogP contribution in [0.3, 0.4) is 0 Å². The van der Waals surface area contributed by atoms with Crippen molar-refractivity contribution in [3.63, 3.8) is 0 Å². The topological polar surface area (TPSA) is 129 Å². The molecule has 0 spiro atoms. The summed E-state index contributed by atoms with van der Waals surface area (Å²) in [6.07, 6.45) is 0.